The lowest BCUT2D eigenvalue weighted by Gasteiger charge is -2.44. The molecule has 1 N–H and O–H groups in total. The zero-order valence-electron chi connectivity index (χ0n) is 22.8. The molecule has 1 unspecified atom stereocenters. The van der Waals surface area contributed by atoms with Gasteiger partial charge in [0.1, 0.15) is 29.2 Å². The summed E-state index contributed by atoms with van der Waals surface area (Å²) in [5.74, 6) is 1.74. The first-order chi connectivity index (χ1) is 20.1. The second-order valence-corrected chi connectivity index (χ2v) is 11.2. The normalized spacial score (nSPS) is 22.4. The fourth-order valence-electron chi connectivity index (χ4n) is 6.36. The van der Waals surface area contributed by atoms with Crippen LogP contribution in [0.1, 0.15) is 41.6 Å². The van der Waals surface area contributed by atoms with Gasteiger partial charge in [-0.25, -0.2) is 0 Å². The topological polar surface area (TPSA) is 101 Å². The lowest BCUT2D eigenvalue weighted by atomic mass is 9.84. The SMILES string of the molecule is N#Cc1cc(-c2ccnc3cc(-c4cccc(C(=O)NC5CN6CCC5CC6)c4)oc23)ccc1OC1CCOCC1. The highest BCUT2D eigenvalue weighted by molar-refractivity contribution is 5.96. The summed E-state index contributed by atoms with van der Waals surface area (Å²) in [7, 11) is 0. The molecule has 2 aromatic heterocycles. The van der Waals surface area contributed by atoms with Gasteiger partial charge in [-0.15, -0.1) is 0 Å². The number of hydrogen-bond acceptors (Lipinski definition) is 7. The molecular weight excluding hydrogens is 516 g/mol. The van der Waals surface area contributed by atoms with Gasteiger partial charge in [0, 0.05) is 54.4 Å². The van der Waals surface area contributed by atoms with Gasteiger partial charge in [0.25, 0.3) is 5.91 Å². The zero-order chi connectivity index (χ0) is 27.8. The fourth-order valence-corrected chi connectivity index (χ4v) is 6.36. The molecule has 1 atom stereocenters. The predicted octanol–water partition coefficient (Wildman–Crippen LogP) is 5.42. The van der Waals surface area contributed by atoms with Crippen LogP contribution in [-0.4, -0.2) is 60.8 Å². The van der Waals surface area contributed by atoms with E-state index in [0.717, 1.165) is 62.0 Å². The lowest BCUT2D eigenvalue weighted by molar-refractivity contribution is 0.0254. The quantitative estimate of drug-likeness (QED) is 0.344. The zero-order valence-corrected chi connectivity index (χ0v) is 22.8. The van der Waals surface area contributed by atoms with Gasteiger partial charge in [-0.3, -0.25) is 9.78 Å². The lowest BCUT2D eigenvalue weighted by Crippen LogP contribution is -2.57. The number of nitrogens with one attached hydrogen (secondary N) is 1. The third kappa shape index (κ3) is 5.19. The Kier molecular flexibility index (Phi) is 6.91. The van der Waals surface area contributed by atoms with Crippen molar-refractivity contribution in [3.63, 3.8) is 0 Å². The van der Waals surface area contributed by atoms with Crippen molar-refractivity contribution in [1.82, 2.24) is 15.2 Å². The predicted molar refractivity (Wildman–Crippen MR) is 154 cm³/mol. The van der Waals surface area contributed by atoms with Gasteiger partial charge >= 0.3 is 0 Å². The number of hydrogen-bond donors (Lipinski definition) is 1. The number of pyridine rings is 1. The third-order valence-corrected chi connectivity index (χ3v) is 8.67. The highest BCUT2D eigenvalue weighted by Crippen LogP contribution is 2.36. The summed E-state index contributed by atoms with van der Waals surface area (Å²) in [5, 5.41) is 13.1. The van der Waals surface area contributed by atoms with Crippen molar-refractivity contribution in [3.05, 3.63) is 71.9 Å². The van der Waals surface area contributed by atoms with Crippen LogP contribution in [0.3, 0.4) is 0 Å². The van der Waals surface area contributed by atoms with Crippen molar-refractivity contribution in [3.8, 4) is 34.3 Å². The van der Waals surface area contributed by atoms with Crippen molar-refractivity contribution in [2.45, 2.75) is 37.8 Å². The Morgan fingerprint density at radius 1 is 1.02 bits per heavy atom. The summed E-state index contributed by atoms with van der Waals surface area (Å²) in [6, 6.07) is 19.5. The summed E-state index contributed by atoms with van der Waals surface area (Å²) >= 11 is 0. The number of furan rings is 1. The molecule has 8 rings (SSSR count). The Balaban J connectivity index is 1.14. The minimum atomic E-state index is -0.0485. The maximum atomic E-state index is 13.2. The Morgan fingerprint density at radius 2 is 1.88 bits per heavy atom. The second-order valence-electron chi connectivity index (χ2n) is 11.2. The summed E-state index contributed by atoms with van der Waals surface area (Å²) in [5.41, 5.74) is 4.94. The molecule has 2 aromatic carbocycles. The monoisotopic (exact) mass is 548 g/mol. The third-order valence-electron chi connectivity index (χ3n) is 8.67. The highest BCUT2D eigenvalue weighted by atomic mass is 16.5. The van der Waals surface area contributed by atoms with Crippen molar-refractivity contribution >= 4 is 17.0 Å². The summed E-state index contributed by atoms with van der Waals surface area (Å²) < 4.78 is 17.9. The standard InChI is InChI=1S/C33H32N4O4/c34-19-25-16-22(4-5-30(25)40-26-9-14-39-15-10-26)27-6-11-35-28-18-31(41-32(27)28)23-2-1-3-24(17-23)33(38)36-29-20-37-12-7-21(29)8-13-37/h1-6,11,16-18,21,26,29H,7-10,12-15,20H2,(H,36,38). The van der Waals surface area contributed by atoms with Crippen LogP contribution in [0.4, 0.5) is 0 Å². The number of fused-ring (bicyclic) bond motifs is 4. The van der Waals surface area contributed by atoms with E-state index >= 15 is 0 Å². The number of amides is 1. The first-order valence-corrected chi connectivity index (χ1v) is 14.5. The molecule has 208 valence electrons. The van der Waals surface area contributed by atoms with Crippen LogP contribution in [0.2, 0.25) is 0 Å². The van der Waals surface area contributed by atoms with Gasteiger partial charge in [-0.05, 0) is 67.7 Å². The van der Waals surface area contributed by atoms with Crippen LogP contribution in [0.5, 0.6) is 5.75 Å². The number of rotatable bonds is 6. The molecule has 0 saturated carbocycles. The van der Waals surface area contributed by atoms with Crippen molar-refractivity contribution < 1.29 is 18.7 Å². The molecule has 41 heavy (non-hydrogen) atoms. The fraction of sp³-hybridized carbons (Fsp3) is 0.364. The number of benzene rings is 2. The van der Waals surface area contributed by atoms with Gasteiger partial charge < -0.3 is 24.1 Å². The van der Waals surface area contributed by atoms with E-state index in [-0.39, 0.29) is 18.1 Å². The van der Waals surface area contributed by atoms with E-state index < -0.39 is 0 Å². The molecule has 4 aliphatic rings. The first kappa shape index (κ1) is 25.8. The molecule has 2 bridgehead atoms. The van der Waals surface area contributed by atoms with E-state index in [1.807, 2.05) is 54.6 Å². The number of nitrogens with zero attached hydrogens (tertiary/aromatic N) is 3. The van der Waals surface area contributed by atoms with Crippen molar-refractivity contribution in [2.75, 3.05) is 32.8 Å². The molecular formula is C33H32N4O4. The van der Waals surface area contributed by atoms with Crippen LogP contribution in [0, 0.1) is 17.2 Å². The summed E-state index contributed by atoms with van der Waals surface area (Å²) in [6.07, 6.45) is 5.73. The number of ether oxygens (including phenoxy) is 2. The molecule has 0 aliphatic carbocycles. The minimum Gasteiger partial charge on any atom is -0.489 e. The van der Waals surface area contributed by atoms with Gasteiger partial charge in [0.2, 0.25) is 0 Å². The average molecular weight is 549 g/mol. The second kappa shape index (κ2) is 11.0. The van der Waals surface area contributed by atoms with Crippen LogP contribution in [0.25, 0.3) is 33.6 Å². The van der Waals surface area contributed by atoms with E-state index in [1.165, 1.54) is 0 Å². The Morgan fingerprint density at radius 3 is 2.66 bits per heavy atom. The van der Waals surface area contributed by atoms with Crippen molar-refractivity contribution in [1.29, 1.82) is 5.26 Å². The van der Waals surface area contributed by atoms with Gasteiger partial charge in [0.05, 0.1) is 18.8 Å². The number of aromatic nitrogens is 1. The van der Waals surface area contributed by atoms with Gasteiger partial charge in [-0.1, -0.05) is 18.2 Å². The van der Waals surface area contributed by atoms with Crippen molar-refractivity contribution in [2.24, 2.45) is 5.92 Å². The minimum absolute atomic E-state index is 0.0485. The Labute approximate surface area is 238 Å². The molecule has 4 aromatic rings. The number of piperidine rings is 3. The smallest absolute Gasteiger partial charge is 0.251 e. The Bertz CT molecular complexity index is 1630. The molecule has 4 aliphatic heterocycles. The molecule has 1 amide bonds. The maximum Gasteiger partial charge on any atom is 0.251 e. The van der Waals surface area contributed by atoms with Crippen LogP contribution in [0.15, 0.2) is 65.2 Å². The summed E-state index contributed by atoms with van der Waals surface area (Å²) in [6.45, 7) is 4.56. The first-order valence-electron chi connectivity index (χ1n) is 14.5. The maximum absolute atomic E-state index is 13.2. The van der Waals surface area contributed by atoms with Crippen LogP contribution < -0.4 is 10.1 Å². The van der Waals surface area contributed by atoms with E-state index in [4.69, 9.17) is 13.9 Å². The molecule has 8 nitrogen and oxygen atoms in total. The van der Waals surface area contributed by atoms with Gasteiger partial charge in [0.15, 0.2) is 5.58 Å². The molecule has 0 spiro atoms. The average Bonchev–Trinajstić information content (AvgIpc) is 3.47. The number of carbonyl (C=O) groups excluding carboxylic acids is 1. The Hall–Kier alpha value is -4.19. The van der Waals surface area contributed by atoms with Crippen LogP contribution in [-0.2, 0) is 4.74 Å². The van der Waals surface area contributed by atoms with E-state index in [0.29, 0.717) is 52.9 Å². The molecule has 6 heterocycles. The van der Waals surface area contributed by atoms with Gasteiger partial charge in [-0.2, -0.15) is 5.26 Å². The van der Waals surface area contributed by atoms with E-state index in [2.05, 4.69) is 21.3 Å². The largest absolute Gasteiger partial charge is 0.489 e. The summed E-state index contributed by atoms with van der Waals surface area (Å²) in [4.78, 5) is 20.1. The van der Waals surface area contributed by atoms with E-state index in [1.54, 1.807) is 6.20 Å². The molecule has 4 fully saturated rings. The number of carbonyl (C=O) groups is 1. The molecule has 8 heteroatoms. The molecule has 0 radical (unpaired) electrons. The van der Waals surface area contributed by atoms with E-state index in [9.17, 15) is 10.1 Å². The van der Waals surface area contributed by atoms with Crippen LogP contribution >= 0.6 is 0 Å². The number of nitriles is 1. The highest BCUT2D eigenvalue weighted by Gasteiger charge is 2.35. The molecule has 4 saturated heterocycles.